The van der Waals surface area contributed by atoms with E-state index in [0.29, 0.717) is 10.7 Å². The SMILES string of the molecule is CCn1nc(C)c2c(Cl)c(-c3ccc(OC)cc3)nnc21. The molecule has 0 unspecified atom stereocenters. The third-order valence-corrected chi connectivity index (χ3v) is 3.80. The van der Waals surface area contributed by atoms with Gasteiger partial charge >= 0.3 is 0 Å². The van der Waals surface area contributed by atoms with Gasteiger partial charge in [0.2, 0.25) is 0 Å². The van der Waals surface area contributed by atoms with Crippen molar-refractivity contribution in [1.29, 1.82) is 0 Å². The first kappa shape index (κ1) is 13.8. The van der Waals surface area contributed by atoms with Crippen LogP contribution in [0.25, 0.3) is 22.3 Å². The number of methoxy groups -OCH3 is 1. The maximum absolute atomic E-state index is 6.54. The standard InChI is InChI=1S/C15H15ClN4O/c1-4-20-15-12(9(2)19-20)13(16)14(17-18-15)10-5-7-11(21-3)8-6-10/h5-8H,4H2,1-3H3. The summed E-state index contributed by atoms with van der Waals surface area (Å²) in [7, 11) is 1.64. The third-order valence-electron chi connectivity index (χ3n) is 3.44. The number of aromatic nitrogens is 4. The van der Waals surface area contributed by atoms with Gasteiger partial charge in [0.1, 0.15) is 11.4 Å². The summed E-state index contributed by atoms with van der Waals surface area (Å²) in [5, 5.41) is 14.4. The summed E-state index contributed by atoms with van der Waals surface area (Å²) in [6, 6.07) is 7.58. The molecular formula is C15H15ClN4O. The molecule has 3 aromatic rings. The molecule has 0 aliphatic rings. The predicted octanol–water partition coefficient (Wildman–Crippen LogP) is 3.48. The molecule has 0 fully saturated rings. The summed E-state index contributed by atoms with van der Waals surface area (Å²) in [6.45, 7) is 4.68. The first-order valence-electron chi connectivity index (χ1n) is 6.69. The quantitative estimate of drug-likeness (QED) is 0.743. The van der Waals surface area contributed by atoms with Crippen LogP contribution in [0, 0.1) is 6.92 Å². The Morgan fingerprint density at radius 2 is 1.90 bits per heavy atom. The Morgan fingerprint density at radius 1 is 1.19 bits per heavy atom. The Morgan fingerprint density at radius 3 is 2.52 bits per heavy atom. The maximum atomic E-state index is 6.54. The van der Waals surface area contributed by atoms with Crippen LogP contribution < -0.4 is 4.74 Å². The molecule has 0 saturated heterocycles. The molecule has 21 heavy (non-hydrogen) atoms. The van der Waals surface area contributed by atoms with Crippen LogP contribution in [0.2, 0.25) is 5.02 Å². The van der Waals surface area contributed by atoms with Crippen molar-refractivity contribution in [2.75, 3.05) is 7.11 Å². The van der Waals surface area contributed by atoms with E-state index in [1.807, 2.05) is 38.1 Å². The van der Waals surface area contributed by atoms with Crippen LogP contribution in [0.4, 0.5) is 0 Å². The average molecular weight is 303 g/mol. The highest BCUT2D eigenvalue weighted by Gasteiger charge is 2.17. The Kier molecular flexibility index (Phi) is 3.51. The lowest BCUT2D eigenvalue weighted by molar-refractivity contribution is 0.415. The van der Waals surface area contributed by atoms with Gasteiger partial charge in [-0.25, -0.2) is 4.68 Å². The van der Waals surface area contributed by atoms with Crippen molar-refractivity contribution in [2.45, 2.75) is 20.4 Å². The third kappa shape index (κ3) is 2.23. The molecule has 108 valence electrons. The fraction of sp³-hybridized carbons (Fsp3) is 0.267. The summed E-state index contributed by atoms with van der Waals surface area (Å²) in [6.07, 6.45) is 0. The van der Waals surface area contributed by atoms with Crippen molar-refractivity contribution in [3.05, 3.63) is 35.0 Å². The number of fused-ring (bicyclic) bond motifs is 1. The van der Waals surface area contributed by atoms with Crippen molar-refractivity contribution in [2.24, 2.45) is 0 Å². The zero-order valence-electron chi connectivity index (χ0n) is 12.1. The smallest absolute Gasteiger partial charge is 0.182 e. The minimum Gasteiger partial charge on any atom is -0.497 e. The number of hydrogen-bond acceptors (Lipinski definition) is 4. The van der Waals surface area contributed by atoms with Gasteiger partial charge in [0.15, 0.2) is 5.65 Å². The van der Waals surface area contributed by atoms with Crippen molar-refractivity contribution in [1.82, 2.24) is 20.0 Å². The number of nitrogens with zero attached hydrogens (tertiary/aromatic N) is 4. The van der Waals surface area contributed by atoms with E-state index in [4.69, 9.17) is 16.3 Å². The second-order valence-electron chi connectivity index (χ2n) is 4.69. The molecule has 1 aromatic carbocycles. The van der Waals surface area contributed by atoms with Crippen LogP contribution in [0.1, 0.15) is 12.6 Å². The summed E-state index contributed by atoms with van der Waals surface area (Å²) in [4.78, 5) is 0. The van der Waals surface area contributed by atoms with Gasteiger partial charge < -0.3 is 4.74 Å². The van der Waals surface area contributed by atoms with Crippen molar-refractivity contribution in [3.8, 4) is 17.0 Å². The van der Waals surface area contributed by atoms with E-state index in [1.165, 1.54) is 0 Å². The van der Waals surface area contributed by atoms with E-state index >= 15 is 0 Å². The largest absolute Gasteiger partial charge is 0.497 e. The molecule has 0 amide bonds. The summed E-state index contributed by atoms with van der Waals surface area (Å²) >= 11 is 6.54. The maximum Gasteiger partial charge on any atom is 0.182 e. The summed E-state index contributed by atoms with van der Waals surface area (Å²) in [5.74, 6) is 0.791. The highest BCUT2D eigenvalue weighted by atomic mass is 35.5. The van der Waals surface area contributed by atoms with E-state index < -0.39 is 0 Å². The summed E-state index contributed by atoms with van der Waals surface area (Å²) < 4.78 is 6.97. The van der Waals surface area contributed by atoms with E-state index in [1.54, 1.807) is 11.8 Å². The first-order chi connectivity index (χ1) is 10.2. The predicted molar refractivity (Wildman–Crippen MR) is 82.7 cm³/mol. The minimum absolute atomic E-state index is 0.586. The molecule has 0 saturated carbocycles. The van der Waals surface area contributed by atoms with Crippen molar-refractivity contribution < 1.29 is 4.74 Å². The van der Waals surface area contributed by atoms with Gasteiger partial charge in [-0.3, -0.25) is 0 Å². The van der Waals surface area contributed by atoms with E-state index in [2.05, 4.69) is 15.3 Å². The molecule has 0 bridgehead atoms. The second kappa shape index (κ2) is 5.33. The van der Waals surface area contributed by atoms with Gasteiger partial charge in [-0.15, -0.1) is 10.2 Å². The number of halogens is 1. The van der Waals surface area contributed by atoms with Crippen molar-refractivity contribution in [3.63, 3.8) is 0 Å². The zero-order valence-corrected chi connectivity index (χ0v) is 12.8. The van der Waals surface area contributed by atoms with Crippen LogP contribution in [-0.2, 0) is 6.54 Å². The topological polar surface area (TPSA) is 52.8 Å². The number of aryl methyl sites for hydroxylation is 2. The van der Waals surface area contributed by atoms with E-state index in [-0.39, 0.29) is 0 Å². The first-order valence-corrected chi connectivity index (χ1v) is 7.07. The van der Waals surface area contributed by atoms with Gasteiger partial charge in [0, 0.05) is 12.1 Å². The van der Waals surface area contributed by atoms with Gasteiger partial charge in [0.25, 0.3) is 0 Å². The number of hydrogen-bond donors (Lipinski definition) is 0. The highest BCUT2D eigenvalue weighted by molar-refractivity contribution is 6.37. The normalized spacial score (nSPS) is 11.0. The number of rotatable bonds is 3. The van der Waals surface area contributed by atoms with Crippen LogP contribution in [0.3, 0.4) is 0 Å². The molecule has 0 N–H and O–H groups in total. The molecule has 2 aromatic heterocycles. The molecule has 5 nitrogen and oxygen atoms in total. The Hall–Kier alpha value is -2.14. The lowest BCUT2D eigenvalue weighted by Crippen LogP contribution is -1.99. The molecule has 0 spiro atoms. The van der Waals surface area contributed by atoms with Gasteiger partial charge in [-0.05, 0) is 38.1 Å². The Balaban J connectivity index is 2.19. The number of benzene rings is 1. The van der Waals surface area contributed by atoms with Crippen LogP contribution in [-0.4, -0.2) is 27.1 Å². The van der Waals surface area contributed by atoms with Crippen LogP contribution >= 0.6 is 11.6 Å². The molecular weight excluding hydrogens is 288 g/mol. The molecule has 0 aliphatic heterocycles. The fourth-order valence-corrected chi connectivity index (χ4v) is 2.71. The molecule has 0 aliphatic carbocycles. The monoisotopic (exact) mass is 302 g/mol. The fourth-order valence-electron chi connectivity index (χ4n) is 2.34. The molecule has 6 heteroatoms. The average Bonchev–Trinajstić information content (AvgIpc) is 2.85. The molecule has 3 rings (SSSR count). The number of ether oxygens (including phenoxy) is 1. The van der Waals surface area contributed by atoms with Crippen molar-refractivity contribution >= 4 is 22.6 Å². The summed E-state index contributed by atoms with van der Waals surface area (Å²) in [5.41, 5.74) is 3.14. The van der Waals surface area contributed by atoms with Gasteiger partial charge in [0.05, 0.1) is 23.2 Å². The Labute approximate surface area is 127 Å². The van der Waals surface area contributed by atoms with Gasteiger partial charge in [-0.1, -0.05) is 11.6 Å². The second-order valence-corrected chi connectivity index (χ2v) is 5.07. The van der Waals surface area contributed by atoms with E-state index in [9.17, 15) is 0 Å². The molecule has 0 radical (unpaired) electrons. The van der Waals surface area contributed by atoms with E-state index in [0.717, 1.165) is 34.6 Å². The lowest BCUT2D eigenvalue weighted by Gasteiger charge is -2.06. The van der Waals surface area contributed by atoms with Gasteiger partial charge in [-0.2, -0.15) is 5.10 Å². The highest BCUT2D eigenvalue weighted by Crippen LogP contribution is 2.33. The molecule has 0 atom stereocenters. The Bertz CT molecular complexity index is 796. The molecule has 2 heterocycles. The minimum atomic E-state index is 0.586. The zero-order chi connectivity index (χ0) is 15.0. The van der Waals surface area contributed by atoms with Crippen LogP contribution in [0.15, 0.2) is 24.3 Å². The lowest BCUT2D eigenvalue weighted by atomic mass is 10.1. The van der Waals surface area contributed by atoms with Crippen LogP contribution in [0.5, 0.6) is 5.75 Å².